The van der Waals surface area contributed by atoms with Gasteiger partial charge in [-0.05, 0) is 55.6 Å². The lowest BCUT2D eigenvalue weighted by atomic mass is 10.1. The summed E-state index contributed by atoms with van der Waals surface area (Å²) >= 11 is 8.24. The fraction of sp³-hybridized carbons (Fsp3) is 0.636. The molecular weight excluding hydrogens is 425 g/mol. The summed E-state index contributed by atoms with van der Waals surface area (Å²) in [6, 6.07) is 8.47. The van der Waals surface area contributed by atoms with Crippen LogP contribution >= 0.6 is 47.0 Å². The summed E-state index contributed by atoms with van der Waals surface area (Å²) in [5.41, 5.74) is 1.32. The molecule has 2 unspecified atom stereocenters. The van der Waals surface area contributed by atoms with Crippen molar-refractivity contribution in [2.45, 2.75) is 47.5 Å². The molecule has 1 aromatic carbocycles. The van der Waals surface area contributed by atoms with E-state index in [4.69, 9.17) is 4.74 Å². The van der Waals surface area contributed by atoms with Gasteiger partial charge >= 0.3 is 0 Å². The summed E-state index contributed by atoms with van der Waals surface area (Å²) < 4.78 is 5.48. The molecule has 2 nitrogen and oxygen atoms in total. The second-order valence-electron chi connectivity index (χ2n) is 7.21. The molecule has 2 heterocycles. The average Bonchev–Trinajstić information content (AvgIpc) is 3.17. The molecule has 2 fully saturated rings. The van der Waals surface area contributed by atoms with Gasteiger partial charge in [0, 0.05) is 28.3 Å². The molecule has 156 valence electrons. The van der Waals surface area contributed by atoms with Crippen LogP contribution in [0.1, 0.15) is 37.7 Å². The summed E-state index contributed by atoms with van der Waals surface area (Å²) in [7, 11) is 1.73. The minimum Gasteiger partial charge on any atom is -0.497 e. The van der Waals surface area contributed by atoms with Crippen LogP contribution in [0, 0.1) is 0 Å². The molecule has 0 radical (unpaired) electrons. The first-order valence-corrected chi connectivity index (χ1v) is 14.4. The molecule has 28 heavy (non-hydrogen) atoms. The molecule has 1 N–H and O–H groups in total. The van der Waals surface area contributed by atoms with Gasteiger partial charge in [-0.1, -0.05) is 24.3 Å². The van der Waals surface area contributed by atoms with Gasteiger partial charge in [-0.25, -0.2) is 0 Å². The van der Waals surface area contributed by atoms with Crippen LogP contribution in [0.15, 0.2) is 36.4 Å². The lowest BCUT2D eigenvalue weighted by molar-refractivity contribution is 0.208. The quantitative estimate of drug-likeness (QED) is 0.479. The standard InChI is InChI=1S/C22H32O2S4/c1-24-20-7-2-5-18(17-20)22(27-15-16-28-22)11-3-6-19(23)9-10-21-8-4-12-25-13-14-26-21/h2-3,5-7,17,19,21,23H,4,8-16H2,1H3/b6-3+. The van der Waals surface area contributed by atoms with Gasteiger partial charge in [0.2, 0.25) is 0 Å². The van der Waals surface area contributed by atoms with E-state index in [-0.39, 0.29) is 10.2 Å². The number of hydrogen-bond donors (Lipinski definition) is 1. The highest BCUT2D eigenvalue weighted by Gasteiger charge is 2.36. The summed E-state index contributed by atoms with van der Waals surface area (Å²) in [5.74, 6) is 7.13. The van der Waals surface area contributed by atoms with Gasteiger partial charge in [0.05, 0.1) is 17.3 Å². The van der Waals surface area contributed by atoms with Gasteiger partial charge in [-0.3, -0.25) is 0 Å². The van der Waals surface area contributed by atoms with Crippen molar-refractivity contribution >= 4 is 47.0 Å². The predicted molar refractivity (Wildman–Crippen MR) is 131 cm³/mol. The molecule has 0 spiro atoms. The topological polar surface area (TPSA) is 29.5 Å². The van der Waals surface area contributed by atoms with E-state index in [1.807, 2.05) is 35.7 Å². The van der Waals surface area contributed by atoms with Crippen LogP contribution in [0.4, 0.5) is 0 Å². The molecule has 2 aliphatic rings. The van der Waals surface area contributed by atoms with E-state index in [2.05, 4.69) is 47.8 Å². The van der Waals surface area contributed by atoms with Crippen molar-refractivity contribution in [3.8, 4) is 5.75 Å². The third kappa shape index (κ3) is 6.83. The number of rotatable bonds is 8. The summed E-state index contributed by atoms with van der Waals surface area (Å²) in [6.45, 7) is 0. The highest BCUT2D eigenvalue weighted by atomic mass is 32.2. The van der Waals surface area contributed by atoms with E-state index in [1.165, 1.54) is 47.2 Å². The lowest BCUT2D eigenvalue weighted by Gasteiger charge is -2.27. The van der Waals surface area contributed by atoms with Crippen LogP contribution in [0.3, 0.4) is 0 Å². The molecule has 0 amide bonds. The first-order valence-electron chi connectivity index (χ1n) is 10.2. The van der Waals surface area contributed by atoms with Gasteiger partial charge in [0.15, 0.2) is 0 Å². The highest BCUT2D eigenvalue weighted by Crippen LogP contribution is 2.54. The van der Waals surface area contributed by atoms with Gasteiger partial charge < -0.3 is 9.84 Å². The van der Waals surface area contributed by atoms with Crippen molar-refractivity contribution in [1.29, 1.82) is 0 Å². The number of aliphatic hydroxyl groups is 1. The minimum absolute atomic E-state index is 0.0534. The van der Waals surface area contributed by atoms with Crippen LogP contribution in [-0.4, -0.2) is 52.3 Å². The number of thioether (sulfide) groups is 4. The third-order valence-corrected chi connectivity index (χ3v) is 11.4. The Balaban J connectivity index is 1.52. The summed E-state index contributed by atoms with van der Waals surface area (Å²) in [6.07, 6.45) is 9.51. The third-order valence-electron chi connectivity index (χ3n) is 5.19. The van der Waals surface area contributed by atoms with Crippen LogP contribution in [0.25, 0.3) is 0 Å². The van der Waals surface area contributed by atoms with Crippen molar-refractivity contribution in [3.05, 3.63) is 42.0 Å². The van der Waals surface area contributed by atoms with Crippen molar-refractivity contribution in [2.75, 3.05) is 35.9 Å². The summed E-state index contributed by atoms with van der Waals surface area (Å²) in [5, 5.41) is 11.2. The Morgan fingerprint density at radius 3 is 2.89 bits per heavy atom. The van der Waals surface area contributed by atoms with E-state index in [1.54, 1.807) is 7.11 Å². The van der Waals surface area contributed by atoms with Crippen molar-refractivity contribution < 1.29 is 9.84 Å². The molecule has 2 aliphatic heterocycles. The van der Waals surface area contributed by atoms with Crippen LogP contribution in [0.2, 0.25) is 0 Å². The normalized spacial score (nSPS) is 24.0. The Labute approximate surface area is 187 Å². The largest absolute Gasteiger partial charge is 0.497 e. The minimum atomic E-state index is -0.320. The van der Waals surface area contributed by atoms with Gasteiger partial charge in [0.1, 0.15) is 5.75 Å². The molecular formula is C22H32O2S4. The zero-order valence-electron chi connectivity index (χ0n) is 16.7. The monoisotopic (exact) mass is 456 g/mol. The molecule has 0 aromatic heterocycles. The highest BCUT2D eigenvalue weighted by molar-refractivity contribution is 8.20. The van der Waals surface area contributed by atoms with Crippen LogP contribution in [0.5, 0.6) is 5.75 Å². The Kier molecular flexibility index (Phi) is 9.84. The summed E-state index contributed by atoms with van der Waals surface area (Å²) in [4.78, 5) is 0. The second-order valence-corrected chi connectivity index (χ2v) is 12.9. The van der Waals surface area contributed by atoms with Gasteiger partial charge in [-0.2, -0.15) is 23.5 Å². The van der Waals surface area contributed by atoms with E-state index < -0.39 is 0 Å². The van der Waals surface area contributed by atoms with E-state index >= 15 is 0 Å². The lowest BCUT2D eigenvalue weighted by Crippen LogP contribution is -2.14. The predicted octanol–water partition coefficient (Wildman–Crippen LogP) is 6.04. The molecule has 1 aromatic rings. The molecule has 0 bridgehead atoms. The Bertz CT molecular complexity index is 608. The first-order chi connectivity index (χ1) is 13.7. The van der Waals surface area contributed by atoms with E-state index in [9.17, 15) is 5.11 Å². The van der Waals surface area contributed by atoms with E-state index in [0.29, 0.717) is 0 Å². The smallest absolute Gasteiger partial charge is 0.119 e. The van der Waals surface area contributed by atoms with Gasteiger partial charge in [-0.15, -0.1) is 23.5 Å². The fourth-order valence-electron chi connectivity index (χ4n) is 3.65. The maximum absolute atomic E-state index is 10.5. The van der Waals surface area contributed by atoms with E-state index in [0.717, 1.165) is 30.3 Å². The number of benzene rings is 1. The fourth-order valence-corrected chi connectivity index (χ4v) is 9.23. The Morgan fingerprint density at radius 1 is 1.21 bits per heavy atom. The van der Waals surface area contributed by atoms with Gasteiger partial charge in [0.25, 0.3) is 0 Å². The number of ether oxygens (including phenoxy) is 1. The molecule has 0 aliphatic carbocycles. The SMILES string of the molecule is COc1cccc(C2(C/C=C/C(O)CCC3CCCSCCS3)SCCS2)c1. The average molecular weight is 457 g/mol. The molecule has 6 heteroatoms. The molecule has 3 rings (SSSR count). The molecule has 2 saturated heterocycles. The van der Waals surface area contributed by atoms with Crippen molar-refractivity contribution in [1.82, 2.24) is 0 Å². The number of hydrogen-bond acceptors (Lipinski definition) is 6. The van der Waals surface area contributed by atoms with Crippen molar-refractivity contribution in [3.63, 3.8) is 0 Å². The number of aliphatic hydroxyl groups excluding tert-OH is 1. The zero-order valence-corrected chi connectivity index (χ0v) is 19.9. The second kappa shape index (κ2) is 12.1. The maximum atomic E-state index is 10.5. The molecule has 0 saturated carbocycles. The van der Waals surface area contributed by atoms with Crippen LogP contribution in [-0.2, 0) is 4.08 Å². The number of methoxy groups -OCH3 is 1. The Morgan fingerprint density at radius 2 is 2.07 bits per heavy atom. The maximum Gasteiger partial charge on any atom is 0.119 e. The Hall–Kier alpha value is 0.120. The number of allylic oxidation sites excluding steroid dienone is 1. The van der Waals surface area contributed by atoms with Crippen molar-refractivity contribution in [2.24, 2.45) is 0 Å². The first kappa shape index (κ1) is 22.8. The van der Waals surface area contributed by atoms with Crippen LogP contribution < -0.4 is 4.74 Å². The zero-order chi connectivity index (χ0) is 19.7. The molecule has 2 atom stereocenters.